The van der Waals surface area contributed by atoms with Crippen LogP contribution in [-0.2, 0) is 13.1 Å². The molecular weight excluding hydrogens is 438 g/mol. The van der Waals surface area contributed by atoms with E-state index in [0.717, 1.165) is 10.1 Å². The van der Waals surface area contributed by atoms with Crippen molar-refractivity contribution in [3.8, 4) is 0 Å². The molecule has 1 aliphatic rings. The van der Waals surface area contributed by atoms with Gasteiger partial charge in [-0.05, 0) is 24.6 Å². The molecule has 0 aliphatic carbocycles. The molecule has 2 aromatic heterocycles. The van der Waals surface area contributed by atoms with Gasteiger partial charge < -0.3 is 15.1 Å². The fraction of sp³-hybridized carbons (Fsp3) is 0.333. The smallest absolute Gasteiger partial charge is 0.332 e. The Morgan fingerprint density at radius 1 is 0.971 bits per heavy atom. The van der Waals surface area contributed by atoms with Gasteiger partial charge in [0.25, 0.3) is 11.5 Å². The van der Waals surface area contributed by atoms with E-state index in [9.17, 15) is 19.2 Å². The van der Waals surface area contributed by atoms with Crippen LogP contribution in [0.1, 0.15) is 33.4 Å². The van der Waals surface area contributed by atoms with E-state index in [1.54, 1.807) is 24.0 Å². The zero-order valence-electron chi connectivity index (χ0n) is 19.0. The first-order chi connectivity index (χ1) is 16.4. The summed E-state index contributed by atoms with van der Waals surface area (Å²) in [5.41, 5.74) is 5.66. The molecular formula is C24H27N5O5. The first kappa shape index (κ1) is 23.2. The second kappa shape index (κ2) is 9.92. The van der Waals surface area contributed by atoms with Gasteiger partial charge in [0.15, 0.2) is 11.5 Å². The van der Waals surface area contributed by atoms with Gasteiger partial charge in [-0.25, -0.2) is 4.79 Å². The van der Waals surface area contributed by atoms with Gasteiger partial charge in [-0.15, -0.1) is 0 Å². The number of amides is 1. The maximum atomic E-state index is 13.2. The lowest BCUT2D eigenvalue weighted by Gasteiger charge is -2.33. The molecule has 1 saturated heterocycles. The SMILES string of the molecule is CCn1c(=O)c(C(=O)CN2CCN(C(=O)c3ccco3)CC2)c(N)n(Cc2ccccc2)c1=O. The van der Waals surface area contributed by atoms with Crippen molar-refractivity contribution in [3.05, 3.63) is 86.5 Å². The molecule has 3 aromatic rings. The number of nitrogen functional groups attached to an aromatic ring is 1. The van der Waals surface area contributed by atoms with Gasteiger partial charge in [0.05, 0.1) is 19.4 Å². The number of aromatic nitrogens is 2. The van der Waals surface area contributed by atoms with Crippen LogP contribution in [0.2, 0.25) is 0 Å². The zero-order valence-corrected chi connectivity index (χ0v) is 19.0. The number of carbonyl (C=O) groups is 2. The summed E-state index contributed by atoms with van der Waals surface area (Å²) in [6.45, 7) is 3.70. The van der Waals surface area contributed by atoms with Gasteiger partial charge in [0.2, 0.25) is 0 Å². The fourth-order valence-corrected chi connectivity index (χ4v) is 4.12. The lowest BCUT2D eigenvalue weighted by atomic mass is 10.1. The van der Waals surface area contributed by atoms with E-state index in [0.29, 0.717) is 26.2 Å². The maximum Gasteiger partial charge on any atom is 0.332 e. The van der Waals surface area contributed by atoms with E-state index in [2.05, 4.69) is 0 Å². The Morgan fingerprint density at radius 2 is 1.68 bits per heavy atom. The molecule has 34 heavy (non-hydrogen) atoms. The summed E-state index contributed by atoms with van der Waals surface area (Å²) in [6, 6.07) is 12.5. The van der Waals surface area contributed by atoms with E-state index in [1.807, 2.05) is 35.2 Å². The molecule has 0 unspecified atom stereocenters. The standard InChI is InChI=1S/C24H27N5O5/c1-2-28-23(32)20(21(25)29(24(28)33)15-17-7-4-3-5-8-17)18(30)16-26-10-12-27(13-11-26)22(31)19-9-6-14-34-19/h3-9,14H,2,10-13,15-16,25H2,1H3. The van der Waals surface area contributed by atoms with Crippen LogP contribution in [0.5, 0.6) is 0 Å². The quantitative estimate of drug-likeness (QED) is 0.514. The van der Waals surface area contributed by atoms with Crippen LogP contribution in [0.4, 0.5) is 5.82 Å². The number of hydrogen-bond donors (Lipinski definition) is 1. The van der Waals surface area contributed by atoms with Gasteiger partial charge in [-0.1, -0.05) is 30.3 Å². The molecule has 0 atom stereocenters. The predicted octanol–water partition coefficient (Wildman–Crippen LogP) is 0.894. The van der Waals surface area contributed by atoms with E-state index >= 15 is 0 Å². The van der Waals surface area contributed by atoms with E-state index in [1.165, 1.54) is 10.8 Å². The number of ketones is 1. The van der Waals surface area contributed by atoms with Crippen molar-refractivity contribution in [1.82, 2.24) is 18.9 Å². The largest absolute Gasteiger partial charge is 0.459 e. The third kappa shape index (κ3) is 4.58. The Morgan fingerprint density at radius 3 is 2.29 bits per heavy atom. The van der Waals surface area contributed by atoms with Crippen LogP contribution in [0, 0.1) is 0 Å². The normalized spacial score (nSPS) is 14.3. The Bertz CT molecular complexity index is 1290. The van der Waals surface area contributed by atoms with Crippen molar-refractivity contribution in [1.29, 1.82) is 0 Å². The Hall–Kier alpha value is -3.92. The number of carbonyl (C=O) groups excluding carboxylic acids is 2. The third-order valence-electron chi connectivity index (χ3n) is 6.01. The summed E-state index contributed by atoms with van der Waals surface area (Å²) in [7, 11) is 0. The van der Waals surface area contributed by atoms with E-state index in [-0.39, 0.29) is 42.7 Å². The highest BCUT2D eigenvalue weighted by atomic mass is 16.3. The molecule has 178 valence electrons. The highest BCUT2D eigenvalue weighted by molar-refractivity contribution is 6.01. The molecule has 1 aromatic carbocycles. The number of benzene rings is 1. The van der Waals surface area contributed by atoms with Crippen molar-refractivity contribution >= 4 is 17.5 Å². The molecule has 10 nitrogen and oxygen atoms in total. The summed E-state index contributed by atoms with van der Waals surface area (Å²) in [5.74, 6) is -0.491. The lowest BCUT2D eigenvalue weighted by Crippen LogP contribution is -2.51. The molecule has 1 aliphatic heterocycles. The molecule has 0 spiro atoms. The van der Waals surface area contributed by atoms with Crippen LogP contribution < -0.4 is 17.0 Å². The highest BCUT2D eigenvalue weighted by Gasteiger charge is 2.28. The summed E-state index contributed by atoms with van der Waals surface area (Å²) in [6.07, 6.45) is 1.45. The van der Waals surface area contributed by atoms with Crippen LogP contribution in [0.25, 0.3) is 0 Å². The average Bonchev–Trinajstić information content (AvgIpc) is 3.38. The molecule has 3 heterocycles. The number of Topliss-reactive ketones (excluding diaryl/α,β-unsaturated/α-hetero) is 1. The summed E-state index contributed by atoms with van der Waals surface area (Å²) >= 11 is 0. The lowest BCUT2D eigenvalue weighted by molar-refractivity contribution is 0.0596. The van der Waals surface area contributed by atoms with E-state index in [4.69, 9.17) is 10.2 Å². The number of rotatable bonds is 7. The van der Waals surface area contributed by atoms with Crippen LogP contribution in [-0.4, -0.2) is 63.3 Å². The van der Waals surface area contributed by atoms with Gasteiger partial charge in [0, 0.05) is 32.7 Å². The van der Waals surface area contributed by atoms with Gasteiger partial charge in [-0.2, -0.15) is 0 Å². The molecule has 0 radical (unpaired) electrons. The van der Waals surface area contributed by atoms with Crippen LogP contribution in [0.3, 0.4) is 0 Å². The first-order valence-electron chi connectivity index (χ1n) is 11.2. The van der Waals surface area contributed by atoms with E-state index < -0.39 is 17.0 Å². The highest BCUT2D eigenvalue weighted by Crippen LogP contribution is 2.13. The molecule has 0 bridgehead atoms. The molecule has 2 N–H and O–H groups in total. The average molecular weight is 466 g/mol. The number of piperazine rings is 1. The summed E-state index contributed by atoms with van der Waals surface area (Å²) in [4.78, 5) is 55.0. The minimum atomic E-state index is -0.675. The molecule has 1 fully saturated rings. The molecule has 4 rings (SSSR count). The number of hydrogen-bond acceptors (Lipinski definition) is 7. The zero-order chi connectivity index (χ0) is 24.2. The van der Waals surface area contributed by atoms with Gasteiger partial charge >= 0.3 is 5.69 Å². The monoisotopic (exact) mass is 465 g/mol. The third-order valence-corrected chi connectivity index (χ3v) is 6.01. The van der Waals surface area contributed by atoms with Crippen molar-refractivity contribution in [2.24, 2.45) is 0 Å². The summed E-state index contributed by atoms with van der Waals surface area (Å²) in [5, 5.41) is 0. The topological polar surface area (TPSA) is 124 Å². The molecule has 10 heteroatoms. The Kier molecular flexibility index (Phi) is 6.78. The Balaban J connectivity index is 1.53. The predicted molar refractivity (Wildman–Crippen MR) is 126 cm³/mol. The maximum absolute atomic E-state index is 13.2. The minimum Gasteiger partial charge on any atom is -0.459 e. The molecule has 1 amide bonds. The second-order valence-electron chi connectivity index (χ2n) is 8.13. The van der Waals surface area contributed by atoms with Crippen LogP contribution in [0.15, 0.2) is 62.7 Å². The van der Waals surface area contributed by atoms with Gasteiger partial charge in [0.1, 0.15) is 11.4 Å². The first-order valence-corrected chi connectivity index (χ1v) is 11.2. The fourth-order valence-electron chi connectivity index (χ4n) is 4.12. The second-order valence-corrected chi connectivity index (χ2v) is 8.13. The molecule has 0 saturated carbocycles. The minimum absolute atomic E-state index is 0.0323. The van der Waals surface area contributed by atoms with Crippen molar-refractivity contribution in [2.75, 3.05) is 38.5 Å². The number of anilines is 1. The summed E-state index contributed by atoms with van der Waals surface area (Å²) < 4.78 is 7.48. The number of furan rings is 1. The Labute approximate surface area is 195 Å². The number of nitrogens with zero attached hydrogens (tertiary/aromatic N) is 4. The number of nitrogens with two attached hydrogens (primary N) is 1. The van der Waals surface area contributed by atoms with Gasteiger partial charge in [-0.3, -0.25) is 28.4 Å². The van der Waals surface area contributed by atoms with Crippen molar-refractivity contribution < 1.29 is 14.0 Å². The van der Waals surface area contributed by atoms with Crippen molar-refractivity contribution in [3.63, 3.8) is 0 Å². The van der Waals surface area contributed by atoms with Crippen LogP contribution >= 0.6 is 0 Å². The van der Waals surface area contributed by atoms with Crippen molar-refractivity contribution in [2.45, 2.75) is 20.0 Å².